The summed E-state index contributed by atoms with van der Waals surface area (Å²) < 4.78 is 1.83. The lowest BCUT2D eigenvalue weighted by Crippen LogP contribution is -2.14. The minimum Gasteiger partial charge on any atom is -0.373 e. The minimum atomic E-state index is -0.431. The zero-order valence-electron chi connectivity index (χ0n) is 12.3. The van der Waals surface area contributed by atoms with E-state index in [2.05, 4.69) is 27.3 Å². The Labute approximate surface area is 123 Å². The lowest BCUT2D eigenvalue weighted by Gasteiger charge is -2.06. The van der Waals surface area contributed by atoms with Gasteiger partial charge in [-0.25, -0.2) is 14.6 Å². The third kappa shape index (κ3) is 3.77. The molecule has 0 fully saturated rings. The third-order valence-corrected chi connectivity index (χ3v) is 3.05. The Hall–Kier alpha value is -2.44. The van der Waals surface area contributed by atoms with E-state index >= 15 is 0 Å². The zero-order chi connectivity index (χ0) is 15.2. The van der Waals surface area contributed by atoms with Crippen LogP contribution in [-0.4, -0.2) is 32.7 Å². The van der Waals surface area contributed by atoms with Gasteiger partial charge in [0.25, 0.3) is 0 Å². The molecule has 0 aromatic carbocycles. The second-order valence-corrected chi connectivity index (χ2v) is 4.75. The number of aryl methyl sites for hydroxylation is 1. The van der Waals surface area contributed by atoms with Gasteiger partial charge < -0.3 is 11.1 Å². The summed E-state index contributed by atoms with van der Waals surface area (Å²) in [6.07, 6.45) is 3.82. The van der Waals surface area contributed by atoms with E-state index in [-0.39, 0.29) is 6.42 Å². The van der Waals surface area contributed by atoms with E-state index in [0.717, 1.165) is 36.6 Å². The van der Waals surface area contributed by atoms with Crippen LogP contribution in [0.4, 0.5) is 5.82 Å². The molecule has 0 bridgehead atoms. The highest BCUT2D eigenvalue weighted by Crippen LogP contribution is 2.20. The molecule has 0 aliphatic carbocycles. The largest absolute Gasteiger partial charge is 0.373 e. The van der Waals surface area contributed by atoms with E-state index in [1.54, 1.807) is 6.20 Å². The first-order chi connectivity index (χ1) is 10.1. The Balaban J connectivity index is 2.38. The number of anilines is 1. The molecule has 2 rings (SSSR count). The number of primary amides is 1. The fourth-order valence-electron chi connectivity index (χ4n) is 2.00. The molecular formula is C14H20N6O. The smallest absolute Gasteiger partial charge is 0.225 e. The van der Waals surface area contributed by atoms with Crippen LogP contribution in [0, 0.1) is 0 Å². The van der Waals surface area contributed by atoms with Crippen LogP contribution in [0.15, 0.2) is 18.3 Å². The predicted octanol–water partition coefficient (Wildman–Crippen LogP) is 1.21. The number of hydrogen-bond donors (Lipinski definition) is 2. The van der Waals surface area contributed by atoms with Crippen molar-refractivity contribution in [3.8, 4) is 11.4 Å². The quantitative estimate of drug-likeness (QED) is 0.798. The normalized spacial score (nSPS) is 10.6. The number of unbranched alkanes of at least 4 members (excludes halogenated alkanes) is 1. The SMILES string of the molecule is CCCCn1nc(CC(N)=O)nc1-c1ccnc(NC)c1. The van der Waals surface area contributed by atoms with Gasteiger partial charge >= 0.3 is 0 Å². The summed E-state index contributed by atoms with van der Waals surface area (Å²) in [5, 5.41) is 7.38. The summed E-state index contributed by atoms with van der Waals surface area (Å²) in [7, 11) is 1.81. The Morgan fingerprint density at radius 2 is 2.29 bits per heavy atom. The van der Waals surface area contributed by atoms with Gasteiger partial charge in [-0.1, -0.05) is 13.3 Å². The van der Waals surface area contributed by atoms with Crippen molar-refractivity contribution in [2.24, 2.45) is 5.73 Å². The number of carbonyl (C=O) groups excluding carboxylic acids is 1. The Kier molecular flexibility index (Phi) is 4.86. The maximum absolute atomic E-state index is 11.1. The number of pyridine rings is 1. The average Bonchev–Trinajstić information content (AvgIpc) is 2.87. The van der Waals surface area contributed by atoms with Gasteiger partial charge in [-0.15, -0.1) is 0 Å². The Morgan fingerprint density at radius 1 is 1.48 bits per heavy atom. The van der Waals surface area contributed by atoms with Crippen LogP contribution >= 0.6 is 0 Å². The molecule has 0 saturated heterocycles. The van der Waals surface area contributed by atoms with Crippen molar-refractivity contribution in [3.05, 3.63) is 24.2 Å². The van der Waals surface area contributed by atoms with Gasteiger partial charge in [0.15, 0.2) is 11.6 Å². The number of amides is 1. The van der Waals surface area contributed by atoms with Crippen LogP contribution in [0.1, 0.15) is 25.6 Å². The first kappa shape index (κ1) is 15.0. The molecule has 0 atom stereocenters. The van der Waals surface area contributed by atoms with E-state index in [1.165, 1.54) is 0 Å². The summed E-state index contributed by atoms with van der Waals surface area (Å²) in [6.45, 7) is 2.88. The highest BCUT2D eigenvalue weighted by atomic mass is 16.1. The lowest BCUT2D eigenvalue weighted by atomic mass is 10.2. The molecule has 3 N–H and O–H groups in total. The van der Waals surface area contributed by atoms with Crippen LogP contribution in [0.5, 0.6) is 0 Å². The van der Waals surface area contributed by atoms with Crippen molar-refractivity contribution in [2.75, 3.05) is 12.4 Å². The van der Waals surface area contributed by atoms with Crippen LogP contribution in [0.2, 0.25) is 0 Å². The van der Waals surface area contributed by atoms with Gasteiger partial charge in [-0.2, -0.15) is 5.10 Å². The molecule has 2 aromatic heterocycles. The van der Waals surface area contributed by atoms with Gasteiger partial charge in [0.2, 0.25) is 5.91 Å². The predicted molar refractivity (Wildman–Crippen MR) is 80.6 cm³/mol. The van der Waals surface area contributed by atoms with Crippen molar-refractivity contribution < 1.29 is 4.79 Å². The number of nitrogens with zero attached hydrogens (tertiary/aromatic N) is 4. The molecule has 7 heteroatoms. The summed E-state index contributed by atoms with van der Waals surface area (Å²) >= 11 is 0. The fraction of sp³-hybridized carbons (Fsp3) is 0.429. The highest BCUT2D eigenvalue weighted by Gasteiger charge is 2.13. The van der Waals surface area contributed by atoms with Crippen molar-refractivity contribution in [1.29, 1.82) is 0 Å². The number of rotatable bonds is 7. The molecule has 0 spiro atoms. The molecule has 1 amide bonds. The van der Waals surface area contributed by atoms with Crippen LogP contribution in [0.25, 0.3) is 11.4 Å². The molecule has 2 heterocycles. The molecule has 0 unspecified atom stereocenters. The summed E-state index contributed by atoms with van der Waals surface area (Å²) in [5.74, 6) is 1.52. The van der Waals surface area contributed by atoms with Gasteiger partial charge in [0.05, 0.1) is 6.42 Å². The van der Waals surface area contributed by atoms with Gasteiger partial charge in [-0.3, -0.25) is 4.79 Å². The molecule has 7 nitrogen and oxygen atoms in total. The first-order valence-electron chi connectivity index (χ1n) is 7.00. The number of nitrogens with two attached hydrogens (primary N) is 1. The fourth-order valence-corrected chi connectivity index (χ4v) is 2.00. The maximum Gasteiger partial charge on any atom is 0.225 e. The topological polar surface area (TPSA) is 98.7 Å². The van der Waals surface area contributed by atoms with E-state index in [4.69, 9.17) is 5.73 Å². The summed E-state index contributed by atoms with van der Waals surface area (Å²) in [5.41, 5.74) is 6.13. The molecular weight excluding hydrogens is 268 g/mol. The van der Waals surface area contributed by atoms with Crippen LogP contribution in [0.3, 0.4) is 0 Å². The number of aromatic nitrogens is 4. The van der Waals surface area contributed by atoms with E-state index in [1.807, 2.05) is 23.9 Å². The van der Waals surface area contributed by atoms with Crippen LogP contribution in [-0.2, 0) is 17.8 Å². The highest BCUT2D eigenvalue weighted by molar-refractivity contribution is 5.75. The lowest BCUT2D eigenvalue weighted by molar-refractivity contribution is -0.117. The number of hydrogen-bond acceptors (Lipinski definition) is 5. The van der Waals surface area contributed by atoms with E-state index in [9.17, 15) is 4.79 Å². The molecule has 0 aliphatic heterocycles. The van der Waals surface area contributed by atoms with Crippen LogP contribution < -0.4 is 11.1 Å². The van der Waals surface area contributed by atoms with Crippen molar-refractivity contribution in [1.82, 2.24) is 19.7 Å². The maximum atomic E-state index is 11.1. The molecule has 0 aliphatic rings. The minimum absolute atomic E-state index is 0.0517. The van der Waals surface area contributed by atoms with Crippen molar-refractivity contribution >= 4 is 11.7 Å². The number of carbonyl (C=O) groups is 1. The van der Waals surface area contributed by atoms with E-state index < -0.39 is 5.91 Å². The second-order valence-electron chi connectivity index (χ2n) is 4.75. The Bertz CT molecular complexity index is 622. The first-order valence-corrected chi connectivity index (χ1v) is 7.00. The van der Waals surface area contributed by atoms with Gasteiger partial charge in [-0.05, 0) is 18.6 Å². The second kappa shape index (κ2) is 6.83. The summed E-state index contributed by atoms with van der Waals surface area (Å²) in [4.78, 5) is 19.7. The van der Waals surface area contributed by atoms with Gasteiger partial charge in [0.1, 0.15) is 5.82 Å². The standard InChI is InChI=1S/C14H20N6O/c1-3-4-7-20-14(18-13(19-20)9-11(15)21)10-5-6-17-12(8-10)16-2/h5-6,8H,3-4,7,9H2,1-2H3,(H2,15,21)(H,16,17). The molecule has 2 aromatic rings. The molecule has 0 saturated carbocycles. The monoisotopic (exact) mass is 288 g/mol. The van der Waals surface area contributed by atoms with Gasteiger partial charge in [0, 0.05) is 25.4 Å². The summed E-state index contributed by atoms with van der Waals surface area (Å²) in [6, 6.07) is 3.78. The average molecular weight is 288 g/mol. The zero-order valence-corrected chi connectivity index (χ0v) is 12.3. The number of nitrogens with one attached hydrogen (secondary N) is 1. The third-order valence-electron chi connectivity index (χ3n) is 3.05. The molecule has 0 radical (unpaired) electrons. The molecule has 21 heavy (non-hydrogen) atoms. The van der Waals surface area contributed by atoms with E-state index in [0.29, 0.717) is 5.82 Å². The van der Waals surface area contributed by atoms with Crippen molar-refractivity contribution in [3.63, 3.8) is 0 Å². The van der Waals surface area contributed by atoms with Crippen molar-refractivity contribution in [2.45, 2.75) is 32.7 Å². The Morgan fingerprint density at radius 3 is 2.95 bits per heavy atom. The molecule has 112 valence electrons.